The molecule has 19 rings (SSSR count). The lowest BCUT2D eigenvalue weighted by atomic mass is 9.70. The average Bonchev–Trinajstić information content (AvgIpc) is 1.61. The van der Waals surface area contributed by atoms with Crippen LogP contribution in [0.2, 0.25) is 0 Å². The van der Waals surface area contributed by atoms with E-state index in [1.165, 1.54) is 258 Å². The first-order chi connectivity index (χ1) is 48.0. The number of unbranched alkanes of at least 4 members (excludes halogenated alkanes) is 10. The Balaban J connectivity index is 0.781. The maximum Gasteiger partial charge on any atom is 0.135 e. The Morgan fingerprint density at radius 2 is 0.660 bits per heavy atom. The summed E-state index contributed by atoms with van der Waals surface area (Å²) in [6.45, 7) is 4.68. The second kappa shape index (κ2) is 23.6. The molecule has 3 aliphatic carbocycles. The van der Waals surface area contributed by atoms with E-state index >= 15 is 0 Å². The lowest BCUT2D eigenvalue weighted by Gasteiger charge is -2.33. The molecule has 0 atom stereocenters. The van der Waals surface area contributed by atoms with E-state index in [1.807, 2.05) is 6.07 Å². The Morgan fingerprint density at radius 3 is 1.21 bits per heavy atom. The van der Waals surface area contributed by atoms with Gasteiger partial charge in [-0.05, 0) is 232 Å². The van der Waals surface area contributed by atoms with Gasteiger partial charge in [0.15, 0.2) is 0 Å². The van der Waals surface area contributed by atoms with Gasteiger partial charge in [-0.2, -0.15) is 0 Å². The molecule has 0 unspecified atom stereocenters. The van der Waals surface area contributed by atoms with Crippen LogP contribution < -0.4 is 0 Å². The molecule has 0 aliphatic heterocycles. The summed E-state index contributed by atoms with van der Waals surface area (Å²) >= 11 is 0. The largest absolute Gasteiger partial charge is 0.456 e. The quantitative estimate of drug-likeness (QED) is 0.0699. The highest BCUT2D eigenvalue weighted by Gasteiger charge is 2.43. The van der Waals surface area contributed by atoms with Gasteiger partial charge >= 0.3 is 0 Å². The lowest BCUT2D eigenvalue weighted by Crippen LogP contribution is -2.26. The van der Waals surface area contributed by atoms with E-state index in [4.69, 9.17) is 4.42 Å². The molecule has 3 aliphatic rings. The first-order valence-electron chi connectivity index (χ1n) is 36.6. The highest BCUT2D eigenvalue weighted by Crippen LogP contribution is 2.56. The molecule has 0 radical (unpaired) electrons. The second-order valence-electron chi connectivity index (χ2n) is 28.8. The van der Waals surface area contributed by atoms with Gasteiger partial charge in [0.05, 0.1) is 33.1 Å². The van der Waals surface area contributed by atoms with Gasteiger partial charge in [-0.3, -0.25) is 0 Å². The molecule has 0 saturated heterocycles. The third-order valence-electron chi connectivity index (χ3n) is 23.2. The molecular formula is C93H81N3O. The van der Waals surface area contributed by atoms with Crippen LogP contribution in [0.25, 0.3) is 149 Å². The maximum atomic E-state index is 6.33. The first kappa shape index (κ1) is 58.2. The Labute approximate surface area is 568 Å². The zero-order valence-electron chi connectivity index (χ0n) is 56.0. The number of fused-ring (bicyclic) bond motifs is 17. The van der Waals surface area contributed by atoms with E-state index in [2.05, 4.69) is 258 Å². The number of aromatic nitrogens is 3. The summed E-state index contributed by atoms with van der Waals surface area (Å²) in [6.07, 6.45) is 22.6. The molecule has 12 aromatic carbocycles. The fourth-order valence-electron chi connectivity index (χ4n) is 17.9. The van der Waals surface area contributed by atoms with E-state index in [-0.39, 0.29) is 5.41 Å². The van der Waals surface area contributed by atoms with Crippen molar-refractivity contribution in [2.45, 2.75) is 135 Å². The van der Waals surface area contributed by atoms with Crippen LogP contribution in [0, 0.1) is 0 Å². The van der Waals surface area contributed by atoms with Crippen molar-refractivity contribution < 1.29 is 4.42 Å². The van der Waals surface area contributed by atoms with Crippen LogP contribution >= 0.6 is 0 Å². The zero-order chi connectivity index (χ0) is 64.3. The van der Waals surface area contributed by atoms with E-state index in [0.29, 0.717) is 0 Å². The minimum Gasteiger partial charge on any atom is -0.456 e. The monoisotopic (exact) mass is 1260 g/mol. The summed E-state index contributed by atoms with van der Waals surface area (Å²) in [5, 5.41) is 9.82. The van der Waals surface area contributed by atoms with Crippen LogP contribution in [0.1, 0.15) is 137 Å². The SMILES string of the molecule is CCCCCCCCC1(CCCCCCCC)c2cc(-c3ccc4c(c3)CC4)ccc2-c2ccc(-n3c4ccc(-c5ccc6c(c5)c5ccccc5n6-c5ccc6c(c5)CC6)cc4c4cc(-c5ccc6c(c5)c5ccccc5n6-c5ccc6oc7ccccc7c6c5)ccc43)cc21. The van der Waals surface area contributed by atoms with E-state index in [0.717, 1.165) is 34.0 Å². The molecule has 0 N–H and O–H groups in total. The molecule has 97 heavy (non-hydrogen) atoms. The summed E-state index contributed by atoms with van der Waals surface area (Å²) < 4.78 is 13.9. The molecule has 4 nitrogen and oxygen atoms in total. The van der Waals surface area contributed by atoms with Crippen molar-refractivity contribution in [3.8, 4) is 61.6 Å². The Kier molecular flexibility index (Phi) is 14.2. The van der Waals surface area contributed by atoms with Crippen LogP contribution in [0.15, 0.2) is 241 Å². The number of hydrogen-bond acceptors (Lipinski definition) is 1. The number of para-hydroxylation sites is 3. The van der Waals surface area contributed by atoms with E-state index in [1.54, 1.807) is 5.56 Å². The van der Waals surface area contributed by atoms with Crippen LogP contribution in [0.4, 0.5) is 0 Å². The number of aryl methyl sites for hydroxylation is 4. The normalized spacial score (nSPS) is 13.8. The summed E-state index contributed by atoms with van der Waals surface area (Å²) in [5.41, 5.74) is 32.2. The summed E-state index contributed by atoms with van der Waals surface area (Å²) in [5.74, 6) is 0. The van der Waals surface area contributed by atoms with Gasteiger partial charge in [-0.25, -0.2) is 0 Å². The van der Waals surface area contributed by atoms with Crippen molar-refractivity contribution in [1.82, 2.24) is 13.7 Å². The first-order valence-corrected chi connectivity index (χ1v) is 36.6. The molecule has 4 heteroatoms. The standard InChI is InChI=1S/C93H81N3O/c1-3-5-7-9-11-19-49-93(50-20-12-10-8-6-4-2)83-57-69(63-31-28-60-27-30-62(60)51-63)34-42-73(83)74-43-40-72(59-84(74)93)96-89-46-37-67(65-35-44-87-78(53-65)75-21-13-16-24-85(75)94(87)70-39-33-61-29-32-64(61)52-70)55-80(89)81-56-68(38-47-90(81)96)66-36-45-88-79(54-66)76-22-14-17-25-86(76)95(88)71-41-48-92-82(58-71)77-23-15-18-26-91(77)97-92/h13-18,21-26,28,31,33-48,51-59H,3-12,19-20,27,29-30,32,49-50H2,1-2H3. The fourth-order valence-corrected chi connectivity index (χ4v) is 17.9. The number of nitrogens with zero attached hydrogens (tertiary/aromatic N) is 3. The van der Waals surface area contributed by atoms with Crippen LogP contribution in [0.3, 0.4) is 0 Å². The molecule has 0 saturated carbocycles. The van der Waals surface area contributed by atoms with Crippen molar-refractivity contribution in [3.63, 3.8) is 0 Å². The predicted octanol–water partition coefficient (Wildman–Crippen LogP) is 25.8. The van der Waals surface area contributed by atoms with Gasteiger partial charge in [0.25, 0.3) is 0 Å². The minimum atomic E-state index is -0.101. The highest BCUT2D eigenvalue weighted by molar-refractivity contribution is 6.15. The van der Waals surface area contributed by atoms with Crippen molar-refractivity contribution in [1.29, 1.82) is 0 Å². The van der Waals surface area contributed by atoms with E-state index in [9.17, 15) is 0 Å². The molecule has 16 aromatic rings. The Hall–Kier alpha value is -10.2. The van der Waals surface area contributed by atoms with Crippen molar-refractivity contribution in [2.75, 3.05) is 0 Å². The molecule has 4 aromatic heterocycles. The number of rotatable bonds is 20. The summed E-state index contributed by atoms with van der Waals surface area (Å²) in [7, 11) is 0. The van der Waals surface area contributed by atoms with Crippen molar-refractivity contribution in [2.24, 2.45) is 0 Å². The fraction of sp³-hybridized carbons (Fsp3) is 0.226. The highest BCUT2D eigenvalue weighted by atomic mass is 16.3. The molecule has 474 valence electrons. The summed E-state index contributed by atoms with van der Waals surface area (Å²) in [4.78, 5) is 0. The van der Waals surface area contributed by atoms with Gasteiger partial charge in [0.1, 0.15) is 11.2 Å². The molecule has 4 heterocycles. The van der Waals surface area contributed by atoms with Crippen LogP contribution in [-0.4, -0.2) is 13.7 Å². The molecule has 0 bridgehead atoms. The average molecular weight is 1260 g/mol. The number of benzene rings is 12. The smallest absolute Gasteiger partial charge is 0.135 e. The zero-order valence-corrected chi connectivity index (χ0v) is 56.0. The van der Waals surface area contributed by atoms with Gasteiger partial charge < -0.3 is 18.1 Å². The third kappa shape index (κ3) is 9.51. The molecular weight excluding hydrogens is 1180 g/mol. The molecule has 0 spiro atoms. The van der Waals surface area contributed by atoms with Crippen LogP contribution in [0.5, 0.6) is 0 Å². The Morgan fingerprint density at radius 1 is 0.278 bits per heavy atom. The predicted molar refractivity (Wildman–Crippen MR) is 410 cm³/mol. The Bertz CT molecular complexity index is 5820. The van der Waals surface area contributed by atoms with Crippen LogP contribution in [-0.2, 0) is 31.1 Å². The molecule has 0 amide bonds. The molecule has 0 fully saturated rings. The van der Waals surface area contributed by atoms with Crippen molar-refractivity contribution in [3.05, 3.63) is 270 Å². The topological polar surface area (TPSA) is 27.9 Å². The van der Waals surface area contributed by atoms with Gasteiger partial charge in [-0.15, -0.1) is 0 Å². The summed E-state index contributed by atoms with van der Waals surface area (Å²) in [6, 6.07) is 91.6. The third-order valence-corrected chi connectivity index (χ3v) is 23.2. The number of hydrogen-bond donors (Lipinski definition) is 0. The van der Waals surface area contributed by atoms with Crippen molar-refractivity contribution >= 4 is 87.4 Å². The second-order valence-corrected chi connectivity index (χ2v) is 28.8. The number of furan rings is 1. The van der Waals surface area contributed by atoms with Gasteiger partial charge in [-0.1, -0.05) is 212 Å². The lowest BCUT2D eigenvalue weighted by molar-refractivity contribution is 0.398. The van der Waals surface area contributed by atoms with Gasteiger partial charge in [0, 0.05) is 65.6 Å². The van der Waals surface area contributed by atoms with Gasteiger partial charge in [0.2, 0.25) is 0 Å². The van der Waals surface area contributed by atoms with E-state index < -0.39 is 0 Å². The maximum absolute atomic E-state index is 6.33. The minimum absolute atomic E-state index is 0.101.